The molecule has 1 N–H and O–H groups in total. The van der Waals surface area contributed by atoms with Gasteiger partial charge in [0.15, 0.2) is 9.84 Å². The van der Waals surface area contributed by atoms with E-state index in [0.29, 0.717) is 12.8 Å². The molecule has 1 aromatic rings. The molecule has 0 heterocycles. The molecule has 0 aromatic heterocycles. The third-order valence-corrected chi connectivity index (χ3v) is 5.36. The maximum atomic E-state index is 12.0. The normalized spacial score (nSPS) is 11.9. The van der Waals surface area contributed by atoms with Crippen molar-refractivity contribution in [1.29, 1.82) is 0 Å². The van der Waals surface area contributed by atoms with Gasteiger partial charge in [0.2, 0.25) is 0 Å². The van der Waals surface area contributed by atoms with E-state index in [1.165, 1.54) is 0 Å². The lowest BCUT2D eigenvalue weighted by Crippen LogP contribution is -2.22. The van der Waals surface area contributed by atoms with Crippen molar-refractivity contribution in [3.8, 4) is 0 Å². The summed E-state index contributed by atoms with van der Waals surface area (Å²) in [7, 11) is -7.37. The Labute approximate surface area is 124 Å². The van der Waals surface area contributed by atoms with Gasteiger partial charge in [-0.05, 0) is 31.9 Å². The molecule has 0 aliphatic rings. The first-order valence-corrected chi connectivity index (χ1v) is 9.24. The molecule has 0 saturated carbocycles. The van der Waals surface area contributed by atoms with E-state index in [4.69, 9.17) is 0 Å². The standard InChI is InChI=1S/C12H16N2O5S2/c1-11-4-6-12(7-5-11)20(16,17)9-3-2-8-13-21(18,19)14-10-15/h4-7,13H,2-3,8-9H2,1H3. The first-order valence-electron chi connectivity index (χ1n) is 6.15. The van der Waals surface area contributed by atoms with E-state index in [1.807, 2.05) is 11.6 Å². The fourth-order valence-electron chi connectivity index (χ4n) is 1.56. The second kappa shape index (κ2) is 7.46. The number of hydrogen-bond donors (Lipinski definition) is 1. The Kier molecular flexibility index (Phi) is 6.22. The maximum absolute atomic E-state index is 12.0. The van der Waals surface area contributed by atoms with Crippen LogP contribution in [0.1, 0.15) is 18.4 Å². The molecular weight excluding hydrogens is 316 g/mol. The summed E-state index contributed by atoms with van der Waals surface area (Å²) < 4.78 is 50.6. The van der Waals surface area contributed by atoms with Crippen molar-refractivity contribution < 1.29 is 21.6 Å². The van der Waals surface area contributed by atoms with Gasteiger partial charge in [-0.3, -0.25) is 0 Å². The Morgan fingerprint density at radius 3 is 2.29 bits per heavy atom. The van der Waals surface area contributed by atoms with E-state index in [9.17, 15) is 21.6 Å². The quantitative estimate of drug-likeness (QED) is 0.428. The highest BCUT2D eigenvalue weighted by atomic mass is 32.2. The molecule has 0 amide bonds. The average Bonchev–Trinajstić information content (AvgIpc) is 2.38. The van der Waals surface area contributed by atoms with Gasteiger partial charge in [-0.25, -0.2) is 13.2 Å². The van der Waals surface area contributed by atoms with Crippen LogP contribution in [-0.2, 0) is 24.8 Å². The molecule has 0 atom stereocenters. The average molecular weight is 332 g/mol. The van der Waals surface area contributed by atoms with Crippen molar-refractivity contribution in [2.24, 2.45) is 4.40 Å². The third-order valence-electron chi connectivity index (χ3n) is 2.66. The van der Waals surface area contributed by atoms with Crippen LogP contribution < -0.4 is 4.72 Å². The van der Waals surface area contributed by atoms with Gasteiger partial charge in [0.1, 0.15) is 0 Å². The topological polar surface area (TPSA) is 110 Å². The minimum absolute atomic E-state index is 0.0108. The van der Waals surface area contributed by atoms with Crippen LogP contribution in [0.3, 0.4) is 0 Å². The Morgan fingerprint density at radius 2 is 1.71 bits per heavy atom. The number of sulfone groups is 1. The minimum atomic E-state index is -4.00. The first kappa shape index (κ1) is 17.5. The van der Waals surface area contributed by atoms with Crippen LogP contribution in [0.4, 0.5) is 0 Å². The van der Waals surface area contributed by atoms with E-state index in [1.54, 1.807) is 24.3 Å². The van der Waals surface area contributed by atoms with Crippen LogP contribution >= 0.6 is 0 Å². The lowest BCUT2D eigenvalue weighted by molar-refractivity contribution is 0.561. The highest BCUT2D eigenvalue weighted by molar-refractivity contribution is 7.91. The van der Waals surface area contributed by atoms with Crippen LogP contribution in [0, 0.1) is 6.92 Å². The summed E-state index contributed by atoms with van der Waals surface area (Å²) in [6.45, 7) is 1.88. The Balaban J connectivity index is 2.45. The van der Waals surface area contributed by atoms with Gasteiger partial charge in [-0.2, -0.15) is 13.1 Å². The van der Waals surface area contributed by atoms with Crippen LogP contribution in [0.25, 0.3) is 0 Å². The van der Waals surface area contributed by atoms with E-state index in [0.717, 1.165) is 11.6 Å². The molecule has 1 aromatic carbocycles. The van der Waals surface area contributed by atoms with Crippen molar-refractivity contribution >= 4 is 26.1 Å². The van der Waals surface area contributed by atoms with Crippen molar-refractivity contribution in [3.05, 3.63) is 29.8 Å². The molecule has 116 valence electrons. The van der Waals surface area contributed by atoms with Crippen LogP contribution in [0.5, 0.6) is 0 Å². The number of nitrogens with one attached hydrogen (secondary N) is 1. The Bertz CT molecular complexity index is 717. The summed E-state index contributed by atoms with van der Waals surface area (Å²) in [5.41, 5.74) is 0.971. The number of nitrogens with zero attached hydrogens (tertiary/aromatic N) is 1. The zero-order valence-electron chi connectivity index (χ0n) is 11.4. The number of unbranched alkanes of at least 4 members (excludes halogenated alkanes) is 1. The molecule has 0 aliphatic carbocycles. The second-order valence-electron chi connectivity index (χ2n) is 4.39. The molecule has 21 heavy (non-hydrogen) atoms. The Morgan fingerprint density at radius 1 is 1.10 bits per heavy atom. The number of rotatable bonds is 8. The van der Waals surface area contributed by atoms with Gasteiger partial charge in [0.05, 0.1) is 10.6 Å². The fraction of sp³-hybridized carbons (Fsp3) is 0.417. The van der Waals surface area contributed by atoms with Crippen molar-refractivity contribution in [2.45, 2.75) is 24.7 Å². The number of benzene rings is 1. The van der Waals surface area contributed by atoms with Gasteiger partial charge < -0.3 is 0 Å². The van der Waals surface area contributed by atoms with Crippen molar-refractivity contribution in [1.82, 2.24) is 4.72 Å². The second-order valence-corrected chi connectivity index (χ2v) is 7.92. The monoisotopic (exact) mass is 332 g/mol. The summed E-state index contributed by atoms with van der Waals surface area (Å²) in [6, 6.07) is 6.54. The van der Waals surface area contributed by atoms with E-state index in [2.05, 4.69) is 4.40 Å². The fourth-order valence-corrected chi connectivity index (χ4v) is 3.50. The molecule has 0 bridgehead atoms. The zero-order valence-corrected chi connectivity index (χ0v) is 13.1. The summed E-state index contributed by atoms with van der Waals surface area (Å²) in [5.74, 6) is -0.0747. The lowest BCUT2D eigenvalue weighted by atomic mass is 10.2. The van der Waals surface area contributed by atoms with Crippen LogP contribution in [-0.4, -0.2) is 35.2 Å². The highest BCUT2D eigenvalue weighted by Gasteiger charge is 2.14. The number of hydrogen-bond acceptors (Lipinski definition) is 5. The van der Waals surface area contributed by atoms with E-state index < -0.39 is 20.0 Å². The van der Waals surface area contributed by atoms with Gasteiger partial charge in [0, 0.05) is 6.54 Å². The van der Waals surface area contributed by atoms with Crippen molar-refractivity contribution in [3.63, 3.8) is 0 Å². The summed E-state index contributed by atoms with van der Waals surface area (Å²) in [4.78, 5) is 10.1. The lowest BCUT2D eigenvalue weighted by Gasteiger charge is -2.05. The molecule has 0 radical (unpaired) electrons. The van der Waals surface area contributed by atoms with Gasteiger partial charge in [-0.15, -0.1) is 0 Å². The van der Waals surface area contributed by atoms with Gasteiger partial charge in [-0.1, -0.05) is 22.1 Å². The number of aryl methyl sites for hydroxylation is 1. The SMILES string of the molecule is Cc1ccc(S(=O)(=O)CCCCNS(=O)(=O)N=C=O)cc1. The predicted octanol–water partition coefficient (Wildman–Crippen LogP) is 0.719. The Hall–Kier alpha value is -1.54. The van der Waals surface area contributed by atoms with Gasteiger partial charge in [0.25, 0.3) is 6.08 Å². The minimum Gasteiger partial charge on any atom is -0.224 e. The summed E-state index contributed by atoms with van der Waals surface area (Å²) >= 11 is 0. The molecule has 0 saturated heterocycles. The van der Waals surface area contributed by atoms with Crippen LogP contribution in [0.15, 0.2) is 33.6 Å². The molecule has 0 aliphatic heterocycles. The number of isocyanates is 1. The highest BCUT2D eigenvalue weighted by Crippen LogP contribution is 2.13. The van der Waals surface area contributed by atoms with E-state index >= 15 is 0 Å². The zero-order chi connectivity index (χ0) is 15.9. The summed E-state index contributed by atoms with van der Waals surface area (Å²) in [6.07, 6.45) is 1.54. The van der Waals surface area contributed by atoms with Gasteiger partial charge >= 0.3 is 10.2 Å². The molecule has 0 fully saturated rings. The summed E-state index contributed by atoms with van der Waals surface area (Å²) in [5, 5.41) is 0. The van der Waals surface area contributed by atoms with E-state index in [-0.39, 0.29) is 17.2 Å². The number of carbonyl (C=O) groups excluding carboxylic acids is 1. The molecule has 1 rings (SSSR count). The molecular formula is C12H16N2O5S2. The molecule has 0 unspecified atom stereocenters. The predicted molar refractivity (Wildman–Crippen MR) is 77.5 cm³/mol. The van der Waals surface area contributed by atoms with Crippen LogP contribution in [0.2, 0.25) is 0 Å². The molecule has 9 heteroatoms. The first-order chi connectivity index (χ1) is 9.77. The maximum Gasteiger partial charge on any atom is 0.330 e. The smallest absolute Gasteiger partial charge is 0.224 e. The molecule has 7 nitrogen and oxygen atoms in total. The largest absolute Gasteiger partial charge is 0.330 e. The third kappa shape index (κ3) is 6.17. The molecule has 0 spiro atoms. The van der Waals surface area contributed by atoms with Crippen molar-refractivity contribution in [2.75, 3.05) is 12.3 Å².